The second-order valence-electron chi connectivity index (χ2n) is 6.80. The van der Waals surface area contributed by atoms with E-state index < -0.39 is 10.8 Å². The third-order valence-electron chi connectivity index (χ3n) is 4.82. The number of amides is 1. The van der Waals surface area contributed by atoms with Gasteiger partial charge in [0.2, 0.25) is 0 Å². The van der Waals surface area contributed by atoms with Gasteiger partial charge in [-0.25, -0.2) is 4.98 Å². The molecule has 0 aliphatic rings. The van der Waals surface area contributed by atoms with Gasteiger partial charge in [0, 0.05) is 23.1 Å². The Morgan fingerprint density at radius 2 is 1.81 bits per heavy atom. The molecule has 1 N–H and O–H groups in total. The summed E-state index contributed by atoms with van der Waals surface area (Å²) >= 11 is 12.2. The number of fused-ring (bicyclic) bond motifs is 1. The molecule has 0 fully saturated rings. The fourth-order valence-electron chi connectivity index (χ4n) is 3.26. The molecule has 0 aliphatic carbocycles. The van der Waals surface area contributed by atoms with Gasteiger partial charge in [0.15, 0.2) is 0 Å². The topological polar surface area (TPSA) is 94.4 Å². The summed E-state index contributed by atoms with van der Waals surface area (Å²) in [6.45, 7) is 0. The number of carbonyl (C=O) groups excluding carboxylic acids is 1. The van der Waals surface area contributed by atoms with Gasteiger partial charge in [-0.05, 0) is 30.3 Å². The van der Waals surface area contributed by atoms with Crippen LogP contribution in [-0.4, -0.2) is 22.9 Å². The first-order valence-corrected chi connectivity index (χ1v) is 10.1. The number of hydrogen-bond acceptors (Lipinski definition) is 5. The van der Waals surface area contributed by atoms with Crippen LogP contribution in [-0.2, 0) is 0 Å². The smallest absolute Gasteiger partial charge is 0.271 e. The van der Waals surface area contributed by atoms with Crippen LogP contribution in [0.1, 0.15) is 10.4 Å². The van der Waals surface area contributed by atoms with Crippen LogP contribution in [0.2, 0.25) is 10.0 Å². The van der Waals surface area contributed by atoms with Crippen molar-refractivity contribution in [1.29, 1.82) is 0 Å². The molecule has 0 saturated heterocycles. The number of methoxy groups -OCH3 is 1. The van der Waals surface area contributed by atoms with E-state index in [0.29, 0.717) is 43.5 Å². The zero-order valence-electron chi connectivity index (χ0n) is 16.6. The Morgan fingerprint density at radius 3 is 2.53 bits per heavy atom. The van der Waals surface area contributed by atoms with Gasteiger partial charge in [-0.2, -0.15) is 0 Å². The zero-order valence-corrected chi connectivity index (χ0v) is 18.1. The van der Waals surface area contributed by atoms with E-state index >= 15 is 0 Å². The average Bonchev–Trinajstić information content (AvgIpc) is 2.80. The van der Waals surface area contributed by atoms with Crippen LogP contribution in [0.5, 0.6) is 5.75 Å². The maximum absolute atomic E-state index is 13.3. The van der Waals surface area contributed by atoms with E-state index in [9.17, 15) is 14.9 Å². The number of nitro groups is 1. The maximum Gasteiger partial charge on any atom is 0.271 e. The van der Waals surface area contributed by atoms with Gasteiger partial charge in [0.05, 0.1) is 44.5 Å². The highest BCUT2D eigenvalue weighted by atomic mass is 35.5. The summed E-state index contributed by atoms with van der Waals surface area (Å²) < 4.78 is 5.24. The van der Waals surface area contributed by atoms with E-state index in [4.69, 9.17) is 27.9 Å². The molecule has 1 heterocycles. The lowest BCUT2D eigenvalue weighted by Gasteiger charge is -2.13. The second kappa shape index (κ2) is 8.82. The highest BCUT2D eigenvalue weighted by Crippen LogP contribution is 2.32. The molecule has 4 aromatic rings. The molecular weight excluding hydrogens is 453 g/mol. The summed E-state index contributed by atoms with van der Waals surface area (Å²) in [4.78, 5) is 28.5. The van der Waals surface area contributed by atoms with Crippen LogP contribution >= 0.6 is 23.2 Å². The summed E-state index contributed by atoms with van der Waals surface area (Å²) in [7, 11) is 1.42. The number of non-ortho nitro benzene ring substituents is 1. The number of ether oxygens (including phenoxy) is 1. The molecule has 9 heteroatoms. The molecule has 0 spiro atoms. The Bertz CT molecular complexity index is 1370. The van der Waals surface area contributed by atoms with Gasteiger partial charge in [0.25, 0.3) is 11.6 Å². The number of benzene rings is 3. The third kappa shape index (κ3) is 4.21. The molecule has 0 bridgehead atoms. The van der Waals surface area contributed by atoms with Gasteiger partial charge in [-0.15, -0.1) is 0 Å². The molecule has 0 atom stereocenters. The van der Waals surface area contributed by atoms with Crippen molar-refractivity contribution in [1.82, 2.24) is 4.98 Å². The quantitative estimate of drug-likeness (QED) is 0.271. The predicted octanol–water partition coefficient (Wildman–Crippen LogP) is 6.38. The molecule has 1 amide bonds. The molecule has 0 aliphatic heterocycles. The normalized spacial score (nSPS) is 10.7. The van der Waals surface area contributed by atoms with E-state index in [0.717, 1.165) is 0 Å². The number of pyridine rings is 1. The zero-order chi connectivity index (χ0) is 22.8. The monoisotopic (exact) mass is 467 g/mol. The largest absolute Gasteiger partial charge is 0.495 e. The van der Waals surface area contributed by atoms with Gasteiger partial charge < -0.3 is 10.1 Å². The van der Waals surface area contributed by atoms with E-state index in [2.05, 4.69) is 10.3 Å². The molecule has 3 aromatic carbocycles. The Kier molecular flexibility index (Phi) is 5.94. The third-order valence-corrected chi connectivity index (χ3v) is 5.56. The number of para-hydroxylation sites is 1. The van der Waals surface area contributed by atoms with Crippen LogP contribution in [0.4, 0.5) is 11.4 Å². The summed E-state index contributed by atoms with van der Waals surface area (Å²) in [5.41, 5.74) is 2.17. The number of nitro benzene ring substituents is 1. The second-order valence-corrected chi connectivity index (χ2v) is 7.61. The van der Waals surface area contributed by atoms with Crippen LogP contribution < -0.4 is 10.1 Å². The minimum atomic E-state index is -0.542. The van der Waals surface area contributed by atoms with Crippen molar-refractivity contribution in [3.63, 3.8) is 0 Å². The van der Waals surface area contributed by atoms with Crippen LogP contribution in [0.25, 0.3) is 22.2 Å². The Balaban J connectivity index is 1.81. The highest BCUT2D eigenvalue weighted by molar-refractivity contribution is 6.42. The maximum atomic E-state index is 13.3. The number of rotatable bonds is 5. The molecule has 1 aromatic heterocycles. The van der Waals surface area contributed by atoms with Crippen LogP contribution in [0, 0.1) is 10.1 Å². The molecular formula is C23H15Cl2N3O4. The average molecular weight is 468 g/mol. The minimum absolute atomic E-state index is 0.169. The first kappa shape index (κ1) is 21.5. The number of hydrogen-bond donors (Lipinski definition) is 1. The van der Waals surface area contributed by atoms with E-state index in [1.54, 1.807) is 42.5 Å². The summed E-state index contributed by atoms with van der Waals surface area (Å²) in [5.74, 6) is -0.171. The summed E-state index contributed by atoms with van der Waals surface area (Å²) in [6.07, 6.45) is 0. The lowest BCUT2D eigenvalue weighted by Crippen LogP contribution is -2.14. The molecule has 0 saturated carbocycles. The lowest BCUT2D eigenvalue weighted by atomic mass is 10.0. The Labute approximate surface area is 192 Å². The van der Waals surface area contributed by atoms with Gasteiger partial charge >= 0.3 is 0 Å². The highest BCUT2D eigenvalue weighted by Gasteiger charge is 2.18. The van der Waals surface area contributed by atoms with Crippen molar-refractivity contribution in [3.05, 3.63) is 92.5 Å². The van der Waals surface area contributed by atoms with Crippen molar-refractivity contribution in [2.24, 2.45) is 0 Å². The summed E-state index contributed by atoms with van der Waals surface area (Å²) in [6, 6.07) is 17.9. The fourth-order valence-corrected chi connectivity index (χ4v) is 3.56. The number of nitrogens with one attached hydrogen (secondary N) is 1. The van der Waals surface area contributed by atoms with Crippen molar-refractivity contribution < 1.29 is 14.5 Å². The van der Waals surface area contributed by atoms with Crippen LogP contribution in [0.15, 0.2) is 66.7 Å². The number of halogens is 2. The van der Waals surface area contributed by atoms with Crippen LogP contribution in [0.3, 0.4) is 0 Å². The van der Waals surface area contributed by atoms with Crippen molar-refractivity contribution in [2.45, 2.75) is 0 Å². The van der Waals surface area contributed by atoms with Crippen molar-refractivity contribution >= 4 is 51.4 Å². The summed E-state index contributed by atoms with van der Waals surface area (Å²) in [5, 5.41) is 15.3. The first-order chi connectivity index (χ1) is 15.4. The SMILES string of the molecule is COc1ccc([N+](=O)[O-])cc1NC(=O)c1cc(-c2ccc(Cl)c(Cl)c2)nc2ccccc12. The fraction of sp³-hybridized carbons (Fsp3) is 0.0435. The van der Waals surface area contributed by atoms with Gasteiger partial charge in [-0.1, -0.05) is 47.5 Å². The minimum Gasteiger partial charge on any atom is -0.495 e. The van der Waals surface area contributed by atoms with Crippen molar-refractivity contribution in [3.8, 4) is 17.0 Å². The molecule has 0 unspecified atom stereocenters. The van der Waals surface area contributed by atoms with Crippen molar-refractivity contribution in [2.75, 3.05) is 12.4 Å². The number of anilines is 1. The number of carbonyl (C=O) groups is 1. The Morgan fingerprint density at radius 1 is 1.03 bits per heavy atom. The van der Waals surface area contributed by atoms with Gasteiger partial charge in [-0.3, -0.25) is 14.9 Å². The predicted molar refractivity (Wildman–Crippen MR) is 125 cm³/mol. The van der Waals surface area contributed by atoms with Gasteiger partial charge in [0.1, 0.15) is 5.75 Å². The lowest BCUT2D eigenvalue weighted by molar-refractivity contribution is -0.384. The van der Waals surface area contributed by atoms with E-state index in [-0.39, 0.29) is 11.4 Å². The molecule has 0 radical (unpaired) electrons. The number of aromatic nitrogens is 1. The van der Waals surface area contributed by atoms with E-state index in [1.165, 1.54) is 25.3 Å². The Hall–Kier alpha value is -3.68. The molecule has 32 heavy (non-hydrogen) atoms. The molecule has 160 valence electrons. The molecule has 7 nitrogen and oxygen atoms in total. The van der Waals surface area contributed by atoms with E-state index in [1.807, 2.05) is 6.07 Å². The number of nitrogens with zero attached hydrogens (tertiary/aromatic N) is 2. The first-order valence-electron chi connectivity index (χ1n) is 9.36. The standard InChI is InChI=1S/C23H15Cl2N3O4/c1-32-22-9-7-14(28(30)31)11-21(22)27-23(29)16-12-20(13-6-8-17(24)18(25)10-13)26-19-5-3-2-4-15(16)19/h2-12H,1H3,(H,27,29). The molecule has 4 rings (SSSR count).